The summed E-state index contributed by atoms with van der Waals surface area (Å²) in [6, 6.07) is -0.113. The second-order valence-corrected chi connectivity index (χ2v) is 3.17. The number of carbonyl (C=O) groups is 2. The van der Waals surface area contributed by atoms with Gasteiger partial charge in [-0.05, 0) is 0 Å². The van der Waals surface area contributed by atoms with Crippen LogP contribution in [0.4, 0.5) is 4.79 Å². The summed E-state index contributed by atoms with van der Waals surface area (Å²) in [7, 11) is 3.36. The molecule has 0 aromatic carbocycles. The summed E-state index contributed by atoms with van der Waals surface area (Å²) in [5, 5.41) is 0. The summed E-state index contributed by atoms with van der Waals surface area (Å²) in [5.74, 6) is -0.353. The summed E-state index contributed by atoms with van der Waals surface area (Å²) in [6.45, 7) is 1.97. The summed E-state index contributed by atoms with van der Waals surface area (Å²) in [5.41, 5.74) is 0. The van der Waals surface area contributed by atoms with Crippen LogP contribution in [-0.2, 0) is 9.53 Å². The van der Waals surface area contributed by atoms with Gasteiger partial charge in [-0.3, -0.25) is 9.69 Å². The Morgan fingerprint density at radius 1 is 1.54 bits per heavy atom. The molecule has 0 aromatic heterocycles. The summed E-state index contributed by atoms with van der Waals surface area (Å²) in [4.78, 5) is 25.1. The third kappa shape index (κ3) is 2.11. The van der Waals surface area contributed by atoms with Gasteiger partial charge < -0.3 is 9.64 Å². The van der Waals surface area contributed by atoms with E-state index in [0.29, 0.717) is 13.0 Å². The standard InChI is InChI=1S/C8H14N2O3/c1-6(11)13-7-4-5-9(2)8(12)10(7)3/h7H,4-5H2,1-3H3. The van der Waals surface area contributed by atoms with E-state index < -0.39 is 6.23 Å². The molecule has 1 atom stereocenters. The quantitative estimate of drug-likeness (QED) is 0.552. The van der Waals surface area contributed by atoms with E-state index in [4.69, 9.17) is 4.74 Å². The normalized spacial score (nSPS) is 23.3. The van der Waals surface area contributed by atoms with E-state index in [9.17, 15) is 9.59 Å². The van der Waals surface area contributed by atoms with E-state index in [1.165, 1.54) is 11.8 Å². The zero-order chi connectivity index (χ0) is 10.0. The summed E-state index contributed by atoms with van der Waals surface area (Å²) in [6.07, 6.45) is 0.263. The first-order valence-electron chi connectivity index (χ1n) is 4.17. The van der Waals surface area contributed by atoms with Crippen LogP contribution in [0.5, 0.6) is 0 Å². The molecule has 1 saturated heterocycles. The molecule has 0 aliphatic carbocycles. The first kappa shape index (κ1) is 9.83. The topological polar surface area (TPSA) is 49.9 Å². The molecule has 0 spiro atoms. The Morgan fingerprint density at radius 3 is 2.69 bits per heavy atom. The molecule has 1 rings (SSSR count). The van der Waals surface area contributed by atoms with Crippen LogP contribution in [0, 0.1) is 0 Å². The van der Waals surface area contributed by atoms with E-state index in [-0.39, 0.29) is 12.0 Å². The molecule has 1 aliphatic heterocycles. The molecular weight excluding hydrogens is 172 g/mol. The Bertz CT molecular complexity index is 229. The van der Waals surface area contributed by atoms with Gasteiger partial charge >= 0.3 is 12.0 Å². The van der Waals surface area contributed by atoms with Crippen molar-refractivity contribution >= 4 is 12.0 Å². The highest BCUT2D eigenvalue weighted by Gasteiger charge is 2.29. The second-order valence-electron chi connectivity index (χ2n) is 3.17. The predicted molar refractivity (Wildman–Crippen MR) is 46.0 cm³/mol. The number of amides is 2. The molecular formula is C8H14N2O3. The van der Waals surface area contributed by atoms with Crippen LogP contribution in [0.15, 0.2) is 0 Å². The minimum atomic E-state index is -0.402. The Labute approximate surface area is 77.2 Å². The van der Waals surface area contributed by atoms with Crippen molar-refractivity contribution in [3.63, 3.8) is 0 Å². The van der Waals surface area contributed by atoms with E-state index in [1.54, 1.807) is 19.0 Å². The number of nitrogens with zero attached hydrogens (tertiary/aromatic N) is 2. The molecule has 5 nitrogen and oxygen atoms in total. The van der Waals surface area contributed by atoms with Crippen molar-refractivity contribution in [3.8, 4) is 0 Å². The Kier molecular flexibility index (Phi) is 2.75. The molecule has 0 N–H and O–H groups in total. The Morgan fingerprint density at radius 2 is 2.15 bits per heavy atom. The first-order chi connectivity index (χ1) is 6.02. The maximum absolute atomic E-state index is 11.4. The van der Waals surface area contributed by atoms with Crippen molar-refractivity contribution in [2.45, 2.75) is 19.6 Å². The summed E-state index contributed by atoms with van der Waals surface area (Å²) >= 11 is 0. The molecule has 1 unspecified atom stereocenters. The average molecular weight is 186 g/mol. The molecule has 0 radical (unpaired) electrons. The Hall–Kier alpha value is -1.26. The SMILES string of the molecule is CC(=O)OC1CCN(C)C(=O)N1C. The van der Waals surface area contributed by atoms with Crippen molar-refractivity contribution in [1.29, 1.82) is 0 Å². The van der Waals surface area contributed by atoms with Crippen LogP contribution in [-0.4, -0.2) is 48.7 Å². The lowest BCUT2D eigenvalue weighted by molar-refractivity contribution is -0.155. The van der Waals surface area contributed by atoms with Crippen LogP contribution < -0.4 is 0 Å². The fraction of sp³-hybridized carbons (Fsp3) is 0.750. The van der Waals surface area contributed by atoms with Crippen molar-refractivity contribution in [2.24, 2.45) is 0 Å². The molecule has 1 heterocycles. The minimum absolute atomic E-state index is 0.113. The molecule has 0 bridgehead atoms. The molecule has 13 heavy (non-hydrogen) atoms. The minimum Gasteiger partial charge on any atom is -0.442 e. The molecule has 1 aliphatic rings. The second kappa shape index (κ2) is 3.64. The van der Waals surface area contributed by atoms with Gasteiger partial charge in [0.15, 0.2) is 6.23 Å². The zero-order valence-electron chi connectivity index (χ0n) is 8.11. The van der Waals surface area contributed by atoms with Gasteiger partial charge in [-0.25, -0.2) is 4.79 Å². The van der Waals surface area contributed by atoms with Gasteiger partial charge in [-0.15, -0.1) is 0 Å². The van der Waals surface area contributed by atoms with Crippen LogP contribution >= 0.6 is 0 Å². The zero-order valence-corrected chi connectivity index (χ0v) is 8.11. The smallest absolute Gasteiger partial charge is 0.322 e. The maximum Gasteiger partial charge on any atom is 0.322 e. The first-order valence-corrected chi connectivity index (χ1v) is 4.17. The van der Waals surface area contributed by atoms with Gasteiger partial charge in [0.2, 0.25) is 0 Å². The van der Waals surface area contributed by atoms with E-state index >= 15 is 0 Å². The molecule has 2 amide bonds. The average Bonchev–Trinajstić information content (AvgIpc) is 2.06. The summed E-state index contributed by atoms with van der Waals surface area (Å²) < 4.78 is 4.96. The van der Waals surface area contributed by atoms with Crippen molar-refractivity contribution < 1.29 is 14.3 Å². The molecule has 5 heteroatoms. The van der Waals surface area contributed by atoms with Crippen molar-refractivity contribution in [1.82, 2.24) is 9.80 Å². The van der Waals surface area contributed by atoms with Gasteiger partial charge in [0.25, 0.3) is 0 Å². The number of hydrogen-bond donors (Lipinski definition) is 0. The van der Waals surface area contributed by atoms with Gasteiger partial charge in [0.05, 0.1) is 0 Å². The number of ether oxygens (including phenoxy) is 1. The fourth-order valence-corrected chi connectivity index (χ4v) is 1.32. The molecule has 74 valence electrons. The molecule has 0 saturated carbocycles. The Balaban J connectivity index is 2.58. The number of urea groups is 1. The van der Waals surface area contributed by atoms with Crippen LogP contribution in [0.2, 0.25) is 0 Å². The molecule has 0 aromatic rings. The largest absolute Gasteiger partial charge is 0.442 e. The van der Waals surface area contributed by atoms with Gasteiger partial charge in [0.1, 0.15) is 0 Å². The maximum atomic E-state index is 11.4. The monoisotopic (exact) mass is 186 g/mol. The number of carbonyl (C=O) groups excluding carboxylic acids is 2. The lowest BCUT2D eigenvalue weighted by Gasteiger charge is -2.36. The fourth-order valence-electron chi connectivity index (χ4n) is 1.32. The number of rotatable bonds is 1. The van der Waals surface area contributed by atoms with Gasteiger partial charge in [-0.1, -0.05) is 0 Å². The number of esters is 1. The predicted octanol–water partition coefficient (Wildman–Crippen LogP) is 0.263. The molecule has 1 fully saturated rings. The number of hydrogen-bond acceptors (Lipinski definition) is 3. The van der Waals surface area contributed by atoms with E-state index in [2.05, 4.69) is 0 Å². The highest BCUT2D eigenvalue weighted by Crippen LogP contribution is 2.13. The van der Waals surface area contributed by atoms with Crippen molar-refractivity contribution in [2.75, 3.05) is 20.6 Å². The lowest BCUT2D eigenvalue weighted by Crippen LogP contribution is -2.52. The lowest BCUT2D eigenvalue weighted by atomic mass is 10.3. The van der Waals surface area contributed by atoms with Crippen LogP contribution in [0.1, 0.15) is 13.3 Å². The van der Waals surface area contributed by atoms with E-state index in [0.717, 1.165) is 0 Å². The van der Waals surface area contributed by atoms with Crippen LogP contribution in [0.25, 0.3) is 0 Å². The van der Waals surface area contributed by atoms with Crippen LogP contribution in [0.3, 0.4) is 0 Å². The van der Waals surface area contributed by atoms with E-state index in [1.807, 2.05) is 0 Å². The third-order valence-corrected chi connectivity index (χ3v) is 2.07. The third-order valence-electron chi connectivity index (χ3n) is 2.07. The highest BCUT2D eigenvalue weighted by molar-refractivity contribution is 5.75. The van der Waals surface area contributed by atoms with Gasteiger partial charge in [-0.2, -0.15) is 0 Å². The highest BCUT2D eigenvalue weighted by atomic mass is 16.6. The van der Waals surface area contributed by atoms with Crippen molar-refractivity contribution in [3.05, 3.63) is 0 Å². The van der Waals surface area contributed by atoms with Gasteiger partial charge in [0, 0.05) is 34.0 Å².